The first kappa shape index (κ1) is 120. The number of carbonyl (C=O) groups is 3. The Hall–Kier alpha value is -13.2. The Morgan fingerprint density at radius 3 is 0.933 bits per heavy atom. The SMILES string of the molecule is CC(=O)NC1=NC(=O)C=C(C)C1.CC1=CC(=O)NC(=NC(=N)N)C1.CCCN=C1C=C(C)CC(=NC)N1.CCCN=C1C=C(C)CC(=NCC)N1.CCCN=C1C=C(C)CC(=NCCC)N1.CCCN=C1C=C(C)CC(N)=N1.CCN=C1C=C(C)CC(=NC)N1.CCN=C1C=C(C)CC(=NCC)N1.CCN=C1C=C(C)CC(N)=N1.CN=C1C=C(C)CC(=NC)N1.CN=C1C=C(C)CC(N)=N1. The second-order valence-electron chi connectivity index (χ2n) is 32.4. The predicted molar refractivity (Wildman–Crippen MR) is 579 cm³/mol. The van der Waals surface area contributed by atoms with Crippen LogP contribution < -0.4 is 65.5 Å². The van der Waals surface area contributed by atoms with Crippen LogP contribution in [0.1, 0.15) is 255 Å². The number of amidine groups is 20. The van der Waals surface area contributed by atoms with Crippen molar-refractivity contribution >= 4 is 140 Å². The highest BCUT2D eigenvalue weighted by Crippen LogP contribution is 2.16. The van der Waals surface area contributed by atoms with Crippen molar-refractivity contribution in [1.29, 1.82) is 5.41 Å². The lowest BCUT2D eigenvalue weighted by atomic mass is 10.1. The normalized spacial score (nSPS) is 21.9. The molecule has 0 aromatic rings. The molecule has 0 fully saturated rings. The Balaban J connectivity index is 0.000000743. The van der Waals surface area contributed by atoms with Crippen LogP contribution in [0.5, 0.6) is 0 Å². The minimum Gasteiger partial charge on any atom is -0.387 e. The molecule has 0 aromatic carbocycles. The van der Waals surface area contributed by atoms with Gasteiger partial charge in [0.05, 0.1) is 0 Å². The van der Waals surface area contributed by atoms with Crippen LogP contribution in [-0.2, 0) is 14.4 Å². The number of guanidine groups is 1. The quantitative estimate of drug-likeness (QED) is 0.0536. The third-order valence-electron chi connectivity index (χ3n) is 18.1. The second kappa shape index (κ2) is 70.5. The number of nitrogens with two attached hydrogens (primary N) is 4. The van der Waals surface area contributed by atoms with E-state index < -0.39 is 0 Å². The van der Waals surface area contributed by atoms with Crippen molar-refractivity contribution in [3.8, 4) is 0 Å². The van der Waals surface area contributed by atoms with E-state index >= 15 is 0 Å². The van der Waals surface area contributed by atoms with E-state index in [1.54, 1.807) is 35.2 Å². The number of carbonyl (C=O) groups excluding carboxylic acids is 3. The van der Waals surface area contributed by atoms with E-state index in [-0.39, 0.29) is 23.7 Å². The summed E-state index contributed by atoms with van der Waals surface area (Å²) in [7, 11) is 8.86. The van der Waals surface area contributed by atoms with E-state index in [1.165, 1.54) is 69.2 Å². The Morgan fingerprint density at radius 2 is 0.607 bits per heavy atom. The van der Waals surface area contributed by atoms with Gasteiger partial charge in [-0.3, -0.25) is 94.7 Å². The Morgan fingerprint density at radius 1 is 0.319 bits per heavy atom. The Labute approximate surface area is 805 Å². The molecule has 0 saturated carbocycles. The van der Waals surface area contributed by atoms with Gasteiger partial charge in [-0.25, -0.2) is 20.0 Å². The average molecular weight is 1860 g/mol. The first-order valence-electron chi connectivity index (χ1n) is 46.7. The van der Waals surface area contributed by atoms with E-state index in [2.05, 4.69) is 249 Å². The molecule has 0 saturated heterocycles. The molecule has 0 aromatic heterocycles. The zero-order valence-corrected chi connectivity index (χ0v) is 86.2. The maximum absolute atomic E-state index is 10.9. The molecular formula is C99H161N33O3. The van der Waals surface area contributed by atoms with Crippen molar-refractivity contribution in [1.82, 2.24) is 42.5 Å². The fraction of sp³-hybridized carbons (Fsp3) is 0.535. The number of hydrogen-bond acceptors (Lipinski definition) is 22. The maximum Gasteiger partial charge on any atom is 0.271 e. The molecule has 36 heteroatoms. The van der Waals surface area contributed by atoms with Gasteiger partial charge in [-0.2, -0.15) is 4.99 Å². The summed E-state index contributed by atoms with van der Waals surface area (Å²) in [5.74, 6) is 15.9. The number of rotatable bonds is 15. The summed E-state index contributed by atoms with van der Waals surface area (Å²) in [5.41, 5.74) is 35.1. The van der Waals surface area contributed by atoms with Gasteiger partial charge in [-0.1, -0.05) is 95.9 Å². The molecular weight excluding hydrogens is 1700 g/mol. The van der Waals surface area contributed by atoms with E-state index in [0.29, 0.717) is 42.0 Å². The number of hydrogen-bond donors (Lipinski definition) is 13. The fourth-order valence-corrected chi connectivity index (χ4v) is 12.5. The summed E-state index contributed by atoms with van der Waals surface area (Å²) in [5, 5.41) is 31.1. The summed E-state index contributed by atoms with van der Waals surface area (Å²) in [6.07, 6.45) is 35.7. The van der Waals surface area contributed by atoms with Crippen LogP contribution in [0.4, 0.5) is 0 Å². The van der Waals surface area contributed by atoms with Crippen LogP contribution in [0, 0.1) is 5.41 Å². The zero-order chi connectivity index (χ0) is 101. The fourth-order valence-electron chi connectivity index (χ4n) is 12.5. The number of nitrogens with zero attached hydrogens (tertiary/aromatic N) is 20. The molecule has 0 bridgehead atoms. The number of amides is 3. The molecule has 0 atom stereocenters. The van der Waals surface area contributed by atoms with Crippen LogP contribution in [0.3, 0.4) is 0 Å². The van der Waals surface area contributed by atoms with Gasteiger partial charge in [0.2, 0.25) is 17.8 Å². The molecule has 11 heterocycles. The van der Waals surface area contributed by atoms with E-state index in [4.69, 9.17) is 28.3 Å². The predicted octanol–water partition coefficient (Wildman–Crippen LogP) is 14.1. The first-order chi connectivity index (χ1) is 64.4. The lowest BCUT2D eigenvalue weighted by Gasteiger charge is -2.16. The van der Waals surface area contributed by atoms with E-state index in [1.807, 2.05) is 93.5 Å². The zero-order valence-electron chi connectivity index (χ0n) is 86.2. The summed E-state index contributed by atoms with van der Waals surface area (Å²) in [6, 6.07) is 0. The summed E-state index contributed by atoms with van der Waals surface area (Å²) < 4.78 is 0. The van der Waals surface area contributed by atoms with Crippen molar-refractivity contribution in [3.05, 3.63) is 128 Å². The van der Waals surface area contributed by atoms with Crippen LogP contribution in [0.15, 0.2) is 228 Å². The Bertz CT molecular complexity index is 4920. The third kappa shape index (κ3) is 57.8. The third-order valence-corrected chi connectivity index (χ3v) is 18.1. The monoisotopic (exact) mass is 1860 g/mol. The highest BCUT2D eigenvalue weighted by Gasteiger charge is 2.18. The second-order valence-corrected chi connectivity index (χ2v) is 32.4. The summed E-state index contributed by atoms with van der Waals surface area (Å²) >= 11 is 0. The smallest absolute Gasteiger partial charge is 0.271 e. The first-order valence-corrected chi connectivity index (χ1v) is 46.7. The van der Waals surface area contributed by atoms with Crippen LogP contribution in [0.2, 0.25) is 0 Å². The van der Waals surface area contributed by atoms with Crippen molar-refractivity contribution in [2.75, 3.05) is 101 Å². The van der Waals surface area contributed by atoms with E-state index in [0.717, 1.165) is 254 Å². The largest absolute Gasteiger partial charge is 0.387 e. The summed E-state index contributed by atoms with van der Waals surface area (Å²) in [6.45, 7) is 52.9. The molecule has 0 unspecified atom stereocenters. The molecule has 11 aliphatic heterocycles. The lowest BCUT2D eigenvalue weighted by Crippen LogP contribution is -2.34. The van der Waals surface area contributed by atoms with Gasteiger partial charge in [-0.15, -0.1) is 0 Å². The maximum atomic E-state index is 10.9. The average Bonchev–Trinajstić information content (AvgIpc) is 0.883. The van der Waals surface area contributed by atoms with Crippen LogP contribution in [0.25, 0.3) is 0 Å². The van der Waals surface area contributed by atoms with Crippen molar-refractivity contribution < 1.29 is 14.4 Å². The topological polar surface area (TPSA) is 523 Å². The number of nitrogens with one attached hydrogen (secondary N) is 9. The lowest BCUT2D eigenvalue weighted by molar-refractivity contribution is -0.117. The molecule has 11 aliphatic rings. The van der Waals surface area contributed by atoms with Gasteiger partial charge in [0.1, 0.15) is 117 Å². The van der Waals surface area contributed by atoms with Gasteiger partial charge in [-0.05, 0) is 198 Å². The molecule has 17 N–H and O–H groups in total. The van der Waals surface area contributed by atoms with Gasteiger partial charge in [0.25, 0.3) is 5.91 Å². The molecule has 0 aliphatic carbocycles. The van der Waals surface area contributed by atoms with Gasteiger partial charge in [0.15, 0.2) is 0 Å². The molecule has 3 amide bonds. The summed E-state index contributed by atoms with van der Waals surface area (Å²) in [4.78, 5) is 116. The van der Waals surface area contributed by atoms with Crippen molar-refractivity contribution in [2.24, 2.45) is 123 Å². The molecule has 36 nitrogen and oxygen atoms in total. The standard InChI is InChI=1S/C12H21N3.C11H19N3.2C10H17N3.2C9H15N3.2C8H13N3.C8H10N2O2.C7H10N4O.C7H11N3/c1-4-6-13-11-8-10(3)9-12(15-11)14-7-5-2;1-4-6-13-11-8-9(3)7-10(14-11)12-5-2;1-4-5-12-10-7-8(2)6-9(11-3)13-10;1-4-11-9-6-8(3)7-10(13-9)12-5-2;1-4-11-9-6-7(2)5-8(10-3)12-9;1-3-4-11-9-6-7(2)5-8(10)12-9;1-6-4-7(9-2)11-8(5-6)10-3;1-3-10-8-5-6(2)4-7(9)11-8;1-5-3-7(9-6(2)11)10-8(12)4-5;1-4-2-5(11-7(8)9)10-6(12)3-4;1-5-3-6(8)10-7(4-5)9-2/h8H,4-7,9H2,1-3H3,(H,13,14,15);8H,4-7H2,1-3H3,(H,12,13,14);7H,4-6H2,1-3H3,(H,11,12,13);6H,4-5,7H2,1-3H3,(H,11,12,13);6H,4-5H2,1-3H3,(H,10,11,12);6H,3-5H2,1-2H3,(H2,10,11,12);4H,5H2,1-3H3,(H,9,10,11);5H,3-4H2,1-2H3,(H2,9,10,11);4H,3H2,1-2H3,(H,9,10,11,12);3H,2H2,1H3,(H4,8,9,10,11,12);4H,3H2,1-2H3,(H2,8,9,10). The van der Waals surface area contributed by atoms with Gasteiger partial charge >= 0.3 is 0 Å². The molecule has 135 heavy (non-hydrogen) atoms. The highest BCUT2D eigenvalue weighted by molar-refractivity contribution is 6.15. The number of dihydropyridines is 4. The van der Waals surface area contributed by atoms with Crippen molar-refractivity contribution in [3.63, 3.8) is 0 Å². The minimum absolute atomic E-state index is 0.198. The van der Waals surface area contributed by atoms with E-state index in [9.17, 15) is 14.4 Å². The highest BCUT2D eigenvalue weighted by atomic mass is 16.2. The molecule has 11 rings (SSSR count). The molecule has 0 spiro atoms. The van der Waals surface area contributed by atoms with Gasteiger partial charge in [0, 0.05) is 190 Å². The minimum atomic E-state index is -0.303. The molecule has 740 valence electrons. The van der Waals surface area contributed by atoms with Crippen LogP contribution >= 0.6 is 0 Å². The number of aliphatic imine (C=N–C) groups is 20. The molecule has 0 radical (unpaired) electrons. The Kier molecular flexibility index (Phi) is 62.6. The van der Waals surface area contributed by atoms with Gasteiger partial charge < -0.3 is 65.5 Å². The van der Waals surface area contributed by atoms with Crippen molar-refractivity contribution in [2.45, 2.75) is 255 Å². The van der Waals surface area contributed by atoms with Crippen LogP contribution in [-0.4, -0.2) is 241 Å².